The topological polar surface area (TPSA) is 104 Å². The molecule has 3 heterocycles. The lowest BCUT2D eigenvalue weighted by Crippen LogP contribution is -2.08. The summed E-state index contributed by atoms with van der Waals surface area (Å²) in [5.41, 5.74) is 3.96. The van der Waals surface area contributed by atoms with E-state index in [1.165, 1.54) is 0 Å². The number of rotatable bonds is 6. The molecule has 0 saturated carbocycles. The summed E-state index contributed by atoms with van der Waals surface area (Å²) in [6.07, 6.45) is 6.11. The van der Waals surface area contributed by atoms with Crippen molar-refractivity contribution in [3.63, 3.8) is 0 Å². The van der Waals surface area contributed by atoms with E-state index >= 15 is 0 Å². The molecule has 0 fully saturated rings. The van der Waals surface area contributed by atoms with Crippen molar-refractivity contribution < 1.29 is 9.90 Å². The highest BCUT2D eigenvalue weighted by Crippen LogP contribution is 2.26. The van der Waals surface area contributed by atoms with Gasteiger partial charge < -0.3 is 15.4 Å². The number of aromatic carboxylic acids is 1. The minimum Gasteiger partial charge on any atom is -0.478 e. The normalized spacial score (nSPS) is 10.8. The Labute approximate surface area is 155 Å². The molecular weight excluding hydrogens is 342 g/mol. The number of fused-ring (bicyclic) bond motifs is 1. The van der Waals surface area contributed by atoms with Gasteiger partial charge in [0.2, 0.25) is 5.95 Å². The summed E-state index contributed by atoms with van der Waals surface area (Å²) < 4.78 is 0. The van der Waals surface area contributed by atoms with Crippen molar-refractivity contribution in [3.8, 4) is 11.3 Å². The van der Waals surface area contributed by atoms with Crippen molar-refractivity contribution in [1.82, 2.24) is 19.9 Å². The smallest absolute Gasteiger partial charge is 0.335 e. The molecule has 7 nitrogen and oxygen atoms in total. The van der Waals surface area contributed by atoms with Gasteiger partial charge >= 0.3 is 5.97 Å². The highest BCUT2D eigenvalue weighted by molar-refractivity contribution is 5.92. The Morgan fingerprint density at radius 2 is 1.93 bits per heavy atom. The standard InChI is InChI=1S/C20H17N5O2/c26-19(27)14-5-3-13(4-6-14)7-10-22-20-23-11-8-17(25-20)16-12-24-18-15(16)2-1-9-21-18/h1-6,8-9,11-12H,7,10H2,(H,21,24)(H,26,27)(H,22,23,25). The van der Waals surface area contributed by atoms with Gasteiger partial charge in [-0.2, -0.15) is 0 Å². The molecule has 4 rings (SSSR count). The van der Waals surface area contributed by atoms with Crippen LogP contribution >= 0.6 is 0 Å². The highest BCUT2D eigenvalue weighted by Gasteiger charge is 2.09. The molecule has 0 amide bonds. The largest absolute Gasteiger partial charge is 0.478 e. The van der Waals surface area contributed by atoms with E-state index in [1.807, 2.05) is 36.5 Å². The van der Waals surface area contributed by atoms with Crippen molar-refractivity contribution in [2.24, 2.45) is 0 Å². The molecule has 0 spiro atoms. The van der Waals surface area contributed by atoms with Crippen molar-refractivity contribution in [1.29, 1.82) is 0 Å². The van der Waals surface area contributed by atoms with Crippen molar-refractivity contribution in [2.45, 2.75) is 6.42 Å². The second-order valence-corrected chi connectivity index (χ2v) is 6.05. The van der Waals surface area contributed by atoms with Crippen LogP contribution < -0.4 is 5.32 Å². The highest BCUT2D eigenvalue weighted by atomic mass is 16.4. The Hall–Kier alpha value is -3.74. The number of hydrogen-bond acceptors (Lipinski definition) is 5. The van der Waals surface area contributed by atoms with Gasteiger partial charge in [0.25, 0.3) is 0 Å². The van der Waals surface area contributed by atoms with Gasteiger partial charge in [-0.1, -0.05) is 12.1 Å². The van der Waals surface area contributed by atoms with Gasteiger partial charge in [-0.15, -0.1) is 0 Å². The number of nitrogens with zero attached hydrogens (tertiary/aromatic N) is 3. The quantitative estimate of drug-likeness (QED) is 0.488. The molecule has 3 N–H and O–H groups in total. The molecule has 1 aromatic carbocycles. The lowest BCUT2D eigenvalue weighted by Gasteiger charge is -2.07. The zero-order valence-electron chi connectivity index (χ0n) is 14.4. The third kappa shape index (κ3) is 3.62. The first-order chi connectivity index (χ1) is 13.2. The lowest BCUT2D eigenvalue weighted by molar-refractivity contribution is 0.0697. The van der Waals surface area contributed by atoms with Crippen LogP contribution in [0.4, 0.5) is 5.95 Å². The predicted octanol–water partition coefficient (Wildman–Crippen LogP) is 3.37. The molecule has 3 aromatic heterocycles. The summed E-state index contributed by atoms with van der Waals surface area (Å²) in [6.45, 7) is 0.644. The van der Waals surface area contributed by atoms with Gasteiger partial charge in [0, 0.05) is 36.1 Å². The molecule has 0 aliphatic rings. The zero-order chi connectivity index (χ0) is 18.6. The maximum atomic E-state index is 10.9. The Balaban J connectivity index is 1.44. The van der Waals surface area contributed by atoms with Gasteiger partial charge in [0.1, 0.15) is 5.65 Å². The van der Waals surface area contributed by atoms with E-state index in [0.717, 1.165) is 34.3 Å². The summed E-state index contributed by atoms with van der Waals surface area (Å²) in [7, 11) is 0. The molecular formula is C20H17N5O2. The molecule has 134 valence electrons. The molecule has 0 saturated heterocycles. The fourth-order valence-corrected chi connectivity index (χ4v) is 2.89. The first kappa shape index (κ1) is 16.7. The minimum atomic E-state index is -0.919. The van der Waals surface area contributed by atoms with Gasteiger partial charge in [-0.25, -0.2) is 19.7 Å². The molecule has 4 aromatic rings. The zero-order valence-corrected chi connectivity index (χ0v) is 14.4. The van der Waals surface area contributed by atoms with E-state index in [2.05, 4.69) is 25.3 Å². The first-order valence-corrected chi connectivity index (χ1v) is 8.52. The fourth-order valence-electron chi connectivity index (χ4n) is 2.89. The van der Waals surface area contributed by atoms with Crippen LogP contribution in [0.2, 0.25) is 0 Å². The van der Waals surface area contributed by atoms with Gasteiger partial charge in [0.15, 0.2) is 0 Å². The van der Waals surface area contributed by atoms with E-state index in [4.69, 9.17) is 5.11 Å². The fraction of sp³-hybridized carbons (Fsp3) is 0.100. The summed E-state index contributed by atoms with van der Waals surface area (Å²) >= 11 is 0. The van der Waals surface area contributed by atoms with E-state index in [1.54, 1.807) is 24.5 Å². The predicted molar refractivity (Wildman–Crippen MR) is 103 cm³/mol. The second-order valence-electron chi connectivity index (χ2n) is 6.05. The molecule has 7 heteroatoms. The molecule has 0 unspecified atom stereocenters. The van der Waals surface area contributed by atoms with Gasteiger partial charge in [0.05, 0.1) is 11.3 Å². The Bertz CT molecular complexity index is 1090. The molecule has 0 aliphatic heterocycles. The Morgan fingerprint density at radius 3 is 2.74 bits per heavy atom. The van der Waals surface area contributed by atoms with Crippen molar-refractivity contribution in [2.75, 3.05) is 11.9 Å². The number of carbonyl (C=O) groups is 1. The van der Waals surface area contributed by atoms with Crippen LogP contribution in [0.15, 0.2) is 61.1 Å². The molecule has 0 radical (unpaired) electrons. The van der Waals surface area contributed by atoms with Crippen LogP contribution in [-0.4, -0.2) is 37.6 Å². The number of nitrogens with one attached hydrogen (secondary N) is 2. The number of carboxylic acid groups (broad SMARTS) is 1. The van der Waals surface area contributed by atoms with Crippen LogP contribution in [0.3, 0.4) is 0 Å². The number of carboxylic acids is 1. The number of pyridine rings is 1. The van der Waals surface area contributed by atoms with E-state index in [-0.39, 0.29) is 5.56 Å². The lowest BCUT2D eigenvalue weighted by atomic mass is 10.1. The second kappa shape index (κ2) is 7.25. The van der Waals surface area contributed by atoms with Crippen LogP contribution in [0.5, 0.6) is 0 Å². The van der Waals surface area contributed by atoms with E-state index in [0.29, 0.717) is 12.5 Å². The number of hydrogen-bond donors (Lipinski definition) is 3. The number of aromatic nitrogens is 4. The third-order valence-corrected chi connectivity index (χ3v) is 4.28. The third-order valence-electron chi connectivity index (χ3n) is 4.28. The maximum Gasteiger partial charge on any atom is 0.335 e. The number of anilines is 1. The molecule has 0 aliphatic carbocycles. The Morgan fingerprint density at radius 1 is 1.07 bits per heavy atom. The molecule has 27 heavy (non-hydrogen) atoms. The summed E-state index contributed by atoms with van der Waals surface area (Å²) in [6, 6.07) is 12.6. The summed E-state index contributed by atoms with van der Waals surface area (Å²) in [5.74, 6) is -0.370. The van der Waals surface area contributed by atoms with Crippen LogP contribution in [0.1, 0.15) is 15.9 Å². The SMILES string of the molecule is O=C(O)c1ccc(CCNc2nccc(-c3c[nH]c4ncccc34)n2)cc1. The number of aromatic amines is 1. The van der Waals surface area contributed by atoms with Crippen molar-refractivity contribution >= 4 is 23.0 Å². The van der Waals surface area contributed by atoms with E-state index in [9.17, 15) is 4.79 Å². The summed E-state index contributed by atoms with van der Waals surface area (Å²) in [4.78, 5) is 27.2. The monoisotopic (exact) mass is 359 g/mol. The van der Waals surface area contributed by atoms with Gasteiger partial charge in [-0.05, 0) is 42.3 Å². The van der Waals surface area contributed by atoms with Crippen molar-refractivity contribution in [3.05, 3.63) is 72.2 Å². The molecule has 0 atom stereocenters. The average Bonchev–Trinajstić information content (AvgIpc) is 3.13. The first-order valence-electron chi connectivity index (χ1n) is 8.52. The van der Waals surface area contributed by atoms with Crippen LogP contribution in [0.25, 0.3) is 22.3 Å². The molecule has 0 bridgehead atoms. The number of H-pyrrole nitrogens is 1. The Kier molecular flexibility index (Phi) is 4.49. The van der Waals surface area contributed by atoms with Crippen LogP contribution in [0, 0.1) is 0 Å². The number of benzene rings is 1. The van der Waals surface area contributed by atoms with Gasteiger partial charge in [-0.3, -0.25) is 0 Å². The minimum absolute atomic E-state index is 0.288. The average molecular weight is 359 g/mol. The van der Waals surface area contributed by atoms with E-state index < -0.39 is 5.97 Å². The van der Waals surface area contributed by atoms with Crippen LogP contribution in [-0.2, 0) is 6.42 Å². The summed E-state index contributed by atoms with van der Waals surface area (Å²) in [5, 5.41) is 13.2. The maximum absolute atomic E-state index is 10.9.